The van der Waals surface area contributed by atoms with Crippen molar-refractivity contribution in [1.29, 1.82) is 0 Å². The first kappa shape index (κ1) is 9.35. The standard InChI is InChI=1S/C11H7N3OS/c16-11-14-13-10(15-11)8-3-4-9-7(6-8)2-1-5-12-9/h1-6H,(H,14,16). The Bertz CT molecular complexity index is 650. The van der Waals surface area contributed by atoms with E-state index in [9.17, 15) is 0 Å². The number of fused-ring (bicyclic) bond motifs is 1. The molecule has 0 aliphatic heterocycles. The van der Waals surface area contributed by atoms with E-state index in [0.717, 1.165) is 16.5 Å². The zero-order chi connectivity index (χ0) is 11.0. The molecule has 3 aromatic rings. The highest BCUT2D eigenvalue weighted by Crippen LogP contribution is 2.22. The van der Waals surface area contributed by atoms with Crippen LogP contribution in [0.15, 0.2) is 46.2 Å². The van der Waals surface area contributed by atoms with Crippen molar-refractivity contribution in [1.82, 2.24) is 15.2 Å². The highest BCUT2D eigenvalue weighted by atomic mass is 32.1. The summed E-state index contributed by atoms with van der Waals surface area (Å²) in [5.41, 5.74) is 1.81. The summed E-state index contributed by atoms with van der Waals surface area (Å²) in [6, 6.07) is 9.67. The lowest BCUT2D eigenvalue weighted by Gasteiger charge is -1.98. The van der Waals surface area contributed by atoms with E-state index in [1.165, 1.54) is 0 Å². The minimum absolute atomic E-state index is 0.265. The molecule has 0 bridgehead atoms. The monoisotopic (exact) mass is 229 g/mol. The van der Waals surface area contributed by atoms with E-state index in [4.69, 9.17) is 4.42 Å². The molecule has 3 rings (SSSR count). The Morgan fingerprint density at radius 2 is 2.06 bits per heavy atom. The maximum Gasteiger partial charge on any atom is 0.273 e. The molecule has 16 heavy (non-hydrogen) atoms. The molecule has 0 atom stereocenters. The van der Waals surface area contributed by atoms with E-state index in [2.05, 4.69) is 27.8 Å². The van der Waals surface area contributed by atoms with Crippen molar-refractivity contribution in [2.75, 3.05) is 0 Å². The van der Waals surface area contributed by atoms with Gasteiger partial charge < -0.3 is 4.42 Å². The van der Waals surface area contributed by atoms with Gasteiger partial charge >= 0.3 is 0 Å². The molecule has 0 saturated carbocycles. The molecule has 2 heterocycles. The maximum absolute atomic E-state index is 5.24. The van der Waals surface area contributed by atoms with Crippen molar-refractivity contribution >= 4 is 23.5 Å². The number of benzene rings is 1. The van der Waals surface area contributed by atoms with Gasteiger partial charge in [-0.1, -0.05) is 18.7 Å². The topological polar surface area (TPSA) is 51.8 Å². The van der Waals surface area contributed by atoms with Crippen LogP contribution in [0.5, 0.6) is 0 Å². The van der Waals surface area contributed by atoms with Crippen LogP contribution in [0.3, 0.4) is 0 Å². The third-order valence-corrected chi connectivity index (χ3v) is 2.45. The van der Waals surface area contributed by atoms with Gasteiger partial charge in [-0.25, -0.2) is 0 Å². The summed E-state index contributed by atoms with van der Waals surface area (Å²) in [6.07, 6.45) is 1.76. The number of hydrogen-bond donors (Lipinski definition) is 1. The van der Waals surface area contributed by atoms with Crippen molar-refractivity contribution < 1.29 is 4.42 Å². The fraction of sp³-hybridized carbons (Fsp3) is 0. The molecule has 0 spiro atoms. The molecule has 0 amide bonds. The molecule has 0 aliphatic carbocycles. The molecule has 0 fully saturated rings. The average molecular weight is 229 g/mol. The van der Waals surface area contributed by atoms with Gasteiger partial charge in [0.05, 0.1) is 5.52 Å². The van der Waals surface area contributed by atoms with E-state index in [-0.39, 0.29) is 5.22 Å². The summed E-state index contributed by atoms with van der Waals surface area (Å²) in [5.74, 6) is 0.468. The van der Waals surface area contributed by atoms with Gasteiger partial charge in [-0.05, 0) is 24.3 Å². The van der Waals surface area contributed by atoms with Gasteiger partial charge in [0, 0.05) is 17.1 Å². The molecule has 78 valence electrons. The van der Waals surface area contributed by atoms with E-state index < -0.39 is 0 Å². The Kier molecular flexibility index (Phi) is 2.11. The summed E-state index contributed by atoms with van der Waals surface area (Å²) in [4.78, 5) is 4.24. The van der Waals surface area contributed by atoms with E-state index in [1.807, 2.05) is 30.3 Å². The van der Waals surface area contributed by atoms with Crippen LogP contribution in [-0.4, -0.2) is 15.2 Å². The van der Waals surface area contributed by atoms with Crippen molar-refractivity contribution in [3.63, 3.8) is 0 Å². The molecule has 0 unspecified atom stereocenters. The number of thiol groups is 1. The molecule has 2 aromatic heterocycles. The van der Waals surface area contributed by atoms with Crippen LogP contribution >= 0.6 is 12.6 Å². The van der Waals surface area contributed by atoms with Gasteiger partial charge in [-0.2, -0.15) is 0 Å². The van der Waals surface area contributed by atoms with Crippen LogP contribution in [0.1, 0.15) is 0 Å². The van der Waals surface area contributed by atoms with Crippen LogP contribution in [-0.2, 0) is 0 Å². The zero-order valence-electron chi connectivity index (χ0n) is 8.16. The fourth-order valence-electron chi connectivity index (χ4n) is 1.54. The minimum Gasteiger partial charge on any atom is -0.411 e. The molecule has 5 heteroatoms. The third-order valence-electron chi connectivity index (χ3n) is 2.26. The van der Waals surface area contributed by atoms with Gasteiger partial charge in [-0.3, -0.25) is 4.98 Å². The van der Waals surface area contributed by atoms with Crippen molar-refractivity contribution in [2.24, 2.45) is 0 Å². The first-order valence-corrected chi connectivity index (χ1v) is 5.15. The molecule has 0 radical (unpaired) electrons. The largest absolute Gasteiger partial charge is 0.411 e. The highest BCUT2D eigenvalue weighted by Gasteiger charge is 2.06. The fourth-order valence-corrected chi connectivity index (χ4v) is 1.67. The predicted molar refractivity (Wildman–Crippen MR) is 62.3 cm³/mol. The van der Waals surface area contributed by atoms with Crippen LogP contribution < -0.4 is 0 Å². The maximum atomic E-state index is 5.24. The average Bonchev–Trinajstić information content (AvgIpc) is 2.75. The van der Waals surface area contributed by atoms with E-state index in [0.29, 0.717) is 5.89 Å². The smallest absolute Gasteiger partial charge is 0.273 e. The molecular weight excluding hydrogens is 222 g/mol. The summed E-state index contributed by atoms with van der Waals surface area (Å²) < 4.78 is 5.24. The Balaban J connectivity index is 2.18. The Morgan fingerprint density at radius 3 is 2.88 bits per heavy atom. The Hall–Kier alpha value is -1.88. The predicted octanol–water partition coefficient (Wildman–Crippen LogP) is 2.57. The lowest BCUT2D eigenvalue weighted by atomic mass is 10.1. The second-order valence-corrected chi connectivity index (χ2v) is 3.68. The second-order valence-electron chi connectivity index (χ2n) is 3.30. The SMILES string of the molecule is Sc1nnc(-c2ccc3ncccc3c2)o1. The van der Waals surface area contributed by atoms with Crippen LogP contribution in [0.4, 0.5) is 0 Å². The van der Waals surface area contributed by atoms with Gasteiger partial charge in [-0.15, -0.1) is 10.2 Å². The number of nitrogens with zero attached hydrogens (tertiary/aromatic N) is 3. The molecule has 0 N–H and O–H groups in total. The number of hydrogen-bond acceptors (Lipinski definition) is 5. The number of rotatable bonds is 1. The molecule has 0 saturated heterocycles. The van der Waals surface area contributed by atoms with Crippen LogP contribution in [0.2, 0.25) is 0 Å². The third kappa shape index (κ3) is 1.55. The quantitative estimate of drug-likeness (QED) is 0.651. The van der Waals surface area contributed by atoms with Gasteiger partial charge in [0.25, 0.3) is 5.22 Å². The molecule has 1 aromatic carbocycles. The summed E-state index contributed by atoms with van der Waals surface area (Å²) in [7, 11) is 0. The van der Waals surface area contributed by atoms with Crippen molar-refractivity contribution in [3.05, 3.63) is 36.5 Å². The first-order valence-electron chi connectivity index (χ1n) is 4.70. The van der Waals surface area contributed by atoms with Crippen LogP contribution in [0, 0.1) is 0 Å². The molecular formula is C11H7N3OS. The second kappa shape index (κ2) is 3.61. The molecule has 4 nitrogen and oxygen atoms in total. The van der Waals surface area contributed by atoms with Gasteiger partial charge in [0.1, 0.15) is 0 Å². The zero-order valence-corrected chi connectivity index (χ0v) is 9.06. The Labute approximate surface area is 96.7 Å². The Morgan fingerprint density at radius 1 is 1.12 bits per heavy atom. The van der Waals surface area contributed by atoms with E-state index >= 15 is 0 Å². The minimum atomic E-state index is 0.265. The van der Waals surface area contributed by atoms with E-state index in [1.54, 1.807) is 6.20 Å². The van der Waals surface area contributed by atoms with Crippen LogP contribution in [0.25, 0.3) is 22.4 Å². The number of pyridine rings is 1. The molecule has 0 aliphatic rings. The lowest BCUT2D eigenvalue weighted by Crippen LogP contribution is -1.81. The van der Waals surface area contributed by atoms with Crippen molar-refractivity contribution in [3.8, 4) is 11.5 Å². The van der Waals surface area contributed by atoms with Gasteiger partial charge in [0.15, 0.2) is 0 Å². The number of aromatic nitrogens is 3. The lowest BCUT2D eigenvalue weighted by molar-refractivity contribution is 0.468. The summed E-state index contributed by atoms with van der Waals surface area (Å²) in [6.45, 7) is 0. The first-order chi connectivity index (χ1) is 7.83. The van der Waals surface area contributed by atoms with Crippen molar-refractivity contribution in [2.45, 2.75) is 5.22 Å². The highest BCUT2D eigenvalue weighted by molar-refractivity contribution is 7.80. The summed E-state index contributed by atoms with van der Waals surface area (Å²) in [5, 5.41) is 8.89. The summed E-state index contributed by atoms with van der Waals surface area (Å²) >= 11 is 3.98. The van der Waals surface area contributed by atoms with Gasteiger partial charge in [0.2, 0.25) is 5.89 Å². The normalized spacial score (nSPS) is 10.8.